The summed E-state index contributed by atoms with van der Waals surface area (Å²) in [4.78, 5) is 15.4. The fourth-order valence-corrected chi connectivity index (χ4v) is 1.24. The molecule has 1 atom stereocenters. The standard InChI is InChI=1S/C10H11F3N2O/c1-7(8-3-5-14-6-4-8)15(2)9(16)10(11,12)13/h3-7H,1-2H3. The molecule has 0 aliphatic carbocycles. The summed E-state index contributed by atoms with van der Waals surface area (Å²) in [6.07, 6.45) is -1.90. The van der Waals surface area contributed by atoms with Gasteiger partial charge in [-0.3, -0.25) is 9.78 Å². The molecule has 0 aromatic carbocycles. The number of carbonyl (C=O) groups is 1. The molecule has 0 aliphatic rings. The SMILES string of the molecule is CC(c1ccncc1)N(C)C(=O)C(F)(F)F. The van der Waals surface area contributed by atoms with Crippen molar-refractivity contribution in [2.75, 3.05) is 7.05 Å². The fourth-order valence-electron chi connectivity index (χ4n) is 1.24. The summed E-state index contributed by atoms with van der Waals surface area (Å²) in [5.74, 6) is -1.85. The van der Waals surface area contributed by atoms with Gasteiger partial charge in [-0.05, 0) is 24.6 Å². The molecule has 1 unspecified atom stereocenters. The number of halogens is 3. The van der Waals surface area contributed by atoms with Crippen molar-refractivity contribution in [2.24, 2.45) is 0 Å². The predicted octanol–water partition coefficient (Wildman–Crippen LogP) is 2.16. The van der Waals surface area contributed by atoms with E-state index >= 15 is 0 Å². The monoisotopic (exact) mass is 232 g/mol. The van der Waals surface area contributed by atoms with E-state index in [1.54, 1.807) is 12.1 Å². The summed E-state index contributed by atoms with van der Waals surface area (Å²) >= 11 is 0. The molecule has 1 aromatic heterocycles. The minimum Gasteiger partial charge on any atom is -0.331 e. The summed E-state index contributed by atoms with van der Waals surface area (Å²) in [7, 11) is 1.13. The first-order chi connectivity index (χ1) is 7.34. The van der Waals surface area contributed by atoms with Crippen LogP contribution >= 0.6 is 0 Å². The third-order valence-electron chi connectivity index (χ3n) is 2.33. The van der Waals surface area contributed by atoms with Crippen molar-refractivity contribution in [3.8, 4) is 0 Å². The average molecular weight is 232 g/mol. The number of alkyl halides is 3. The lowest BCUT2D eigenvalue weighted by atomic mass is 10.1. The maximum Gasteiger partial charge on any atom is 0.471 e. The number of hydrogen-bond acceptors (Lipinski definition) is 2. The molecule has 0 radical (unpaired) electrons. The Morgan fingerprint density at radius 1 is 1.38 bits per heavy atom. The first-order valence-electron chi connectivity index (χ1n) is 4.58. The highest BCUT2D eigenvalue weighted by atomic mass is 19.4. The van der Waals surface area contributed by atoms with Gasteiger partial charge < -0.3 is 4.90 Å². The molecule has 1 aromatic rings. The highest BCUT2D eigenvalue weighted by Crippen LogP contribution is 2.24. The van der Waals surface area contributed by atoms with E-state index < -0.39 is 18.1 Å². The van der Waals surface area contributed by atoms with Crippen LogP contribution in [-0.4, -0.2) is 29.0 Å². The van der Waals surface area contributed by atoms with Crippen LogP contribution in [0, 0.1) is 0 Å². The maximum atomic E-state index is 12.2. The lowest BCUT2D eigenvalue weighted by Gasteiger charge is -2.25. The summed E-state index contributed by atoms with van der Waals surface area (Å²) in [6.45, 7) is 1.53. The summed E-state index contributed by atoms with van der Waals surface area (Å²) in [5, 5.41) is 0. The first kappa shape index (κ1) is 12.5. The largest absolute Gasteiger partial charge is 0.471 e. The molecule has 88 valence electrons. The lowest BCUT2D eigenvalue weighted by molar-refractivity contribution is -0.186. The topological polar surface area (TPSA) is 33.2 Å². The molecule has 0 saturated heterocycles. The van der Waals surface area contributed by atoms with Crippen molar-refractivity contribution in [1.82, 2.24) is 9.88 Å². The molecular weight excluding hydrogens is 221 g/mol. The van der Waals surface area contributed by atoms with Crippen LogP contribution in [0.1, 0.15) is 18.5 Å². The molecular formula is C10H11F3N2O. The van der Waals surface area contributed by atoms with E-state index in [1.165, 1.54) is 19.3 Å². The van der Waals surface area contributed by atoms with E-state index in [2.05, 4.69) is 4.98 Å². The Balaban J connectivity index is 2.83. The van der Waals surface area contributed by atoms with Crippen LogP contribution in [0.3, 0.4) is 0 Å². The molecule has 1 amide bonds. The third-order valence-corrected chi connectivity index (χ3v) is 2.33. The van der Waals surface area contributed by atoms with Crippen molar-refractivity contribution in [3.05, 3.63) is 30.1 Å². The highest BCUT2D eigenvalue weighted by molar-refractivity contribution is 5.82. The zero-order valence-corrected chi connectivity index (χ0v) is 8.82. The van der Waals surface area contributed by atoms with E-state index in [9.17, 15) is 18.0 Å². The van der Waals surface area contributed by atoms with E-state index in [0.29, 0.717) is 10.5 Å². The van der Waals surface area contributed by atoms with Crippen LogP contribution in [0.25, 0.3) is 0 Å². The smallest absolute Gasteiger partial charge is 0.331 e. The highest BCUT2D eigenvalue weighted by Gasteiger charge is 2.42. The van der Waals surface area contributed by atoms with Gasteiger partial charge in [-0.1, -0.05) is 0 Å². The van der Waals surface area contributed by atoms with Gasteiger partial charge >= 0.3 is 12.1 Å². The number of hydrogen-bond donors (Lipinski definition) is 0. The fraction of sp³-hybridized carbons (Fsp3) is 0.400. The number of rotatable bonds is 2. The van der Waals surface area contributed by atoms with Gasteiger partial charge in [-0.25, -0.2) is 0 Å². The van der Waals surface area contributed by atoms with Gasteiger partial charge in [0.15, 0.2) is 0 Å². The Bertz CT molecular complexity index is 364. The first-order valence-corrected chi connectivity index (χ1v) is 4.58. The molecule has 6 heteroatoms. The molecule has 1 rings (SSSR count). The Morgan fingerprint density at radius 3 is 2.31 bits per heavy atom. The zero-order chi connectivity index (χ0) is 12.3. The van der Waals surface area contributed by atoms with Crippen LogP contribution in [0.5, 0.6) is 0 Å². The number of pyridine rings is 1. The van der Waals surface area contributed by atoms with Gasteiger partial charge in [-0.15, -0.1) is 0 Å². The van der Waals surface area contributed by atoms with Crippen LogP contribution in [0.4, 0.5) is 13.2 Å². The van der Waals surface area contributed by atoms with Crippen molar-refractivity contribution in [2.45, 2.75) is 19.1 Å². The van der Waals surface area contributed by atoms with E-state index in [0.717, 1.165) is 7.05 Å². The van der Waals surface area contributed by atoms with Crippen molar-refractivity contribution in [3.63, 3.8) is 0 Å². The van der Waals surface area contributed by atoms with E-state index in [1.807, 2.05) is 0 Å². The van der Waals surface area contributed by atoms with Gasteiger partial charge in [-0.2, -0.15) is 13.2 Å². The molecule has 0 saturated carbocycles. The van der Waals surface area contributed by atoms with Crippen molar-refractivity contribution < 1.29 is 18.0 Å². The van der Waals surface area contributed by atoms with Crippen LogP contribution < -0.4 is 0 Å². The average Bonchev–Trinajstić information content (AvgIpc) is 2.26. The van der Waals surface area contributed by atoms with Crippen molar-refractivity contribution in [1.29, 1.82) is 0 Å². The summed E-state index contributed by atoms with van der Waals surface area (Å²) in [5.41, 5.74) is 0.607. The molecule has 0 bridgehead atoms. The Hall–Kier alpha value is -1.59. The molecule has 3 nitrogen and oxygen atoms in total. The summed E-state index contributed by atoms with van der Waals surface area (Å²) in [6, 6.07) is 2.51. The zero-order valence-electron chi connectivity index (χ0n) is 8.82. The minimum absolute atomic E-state index is 0.607. The Morgan fingerprint density at radius 2 is 1.88 bits per heavy atom. The number of amides is 1. The van der Waals surface area contributed by atoms with Gasteiger partial charge in [0.25, 0.3) is 0 Å². The van der Waals surface area contributed by atoms with Gasteiger partial charge in [0.05, 0.1) is 6.04 Å². The Kier molecular flexibility index (Phi) is 3.51. The molecule has 16 heavy (non-hydrogen) atoms. The van der Waals surface area contributed by atoms with Crippen LogP contribution in [0.2, 0.25) is 0 Å². The maximum absolute atomic E-state index is 12.2. The minimum atomic E-state index is -4.84. The molecule has 0 aliphatic heterocycles. The van der Waals surface area contributed by atoms with E-state index in [-0.39, 0.29) is 0 Å². The quantitative estimate of drug-likeness (QED) is 0.782. The third kappa shape index (κ3) is 2.71. The van der Waals surface area contributed by atoms with Crippen LogP contribution in [0.15, 0.2) is 24.5 Å². The second-order valence-corrected chi connectivity index (χ2v) is 3.37. The van der Waals surface area contributed by atoms with Gasteiger partial charge in [0, 0.05) is 19.4 Å². The van der Waals surface area contributed by atoms with Gasteiger partial charge in [0.1, 0.15) is 0 Å². The predicted molar refractivity (Wildman–Crippen MR) is 51.5 cm³/mol. The molecule has 1 heterocycles. The van der Waals surface area contributed by atoms with Gasteiger partial charge in [0.2, 0.25) is 0 Å². The van der Waals surface area contributed by atoms with Crippen LogP contribution in [-0.2, 0) is 4.79 Å². The normalized spacial score (nSPS) is 13.3. The number of aromatic nitrogens is 1. The number of nitrogens with zero attached hydrogens (tertiary/aromatic N) is 2. The molecule has 0 N–H and O–H groups in total. The lowest BCUT2D eigenvalue weighted by Crippen LogP contribution is -2.39. The van der Waals surface area contributed by atoms with E-state index in [4.69, 9.17) is 0 Å². The summed E-state index contributed by atoms with van der Waals surface area (Å²) < 4.78 is 36.5. The van der Waals surface area contributed by atoms with Crippen molar-refractivity contribution >= 4 is 5.91 Å². The Labute approximate surface area is 90.9 Å². The number of carbonyl (C=O) groups excluding carboxylic acids is 1. The second-order valence-electron chi connectivity index (χ2n) is 3.37. The molecule has 0 spiro atoms. The second kappa shape index (κ2) is 4.51. The molecule has 0 fully saturated rings.